The van der Waals surface area contributed by atoms with Crippen molar-refractivity contribution < 1.29 is 0 Å². The van der Waals surface area contributed by atoms with Gasteiger partial charge in [0.05, 0.1) is 18.1 Å². The fourth-order valence-electron chi connectivity index (χ4n) is 3.06. The van der Waals surface area contributed by atoms with Gasteiger partial charge in [-0.3, -0.25) is 0 Å². The molecule has 0 aliphatic heterocycles. The number of hydrogen-bond donors (Lipinski definition) is 0. The molecule has 6 nitrogen and oxygen atoms in total. The second-order valence-corrected chi connectivity index (χ2v) is 6.27. The van der Waals surface area contributed by atoms with E-state index in [-0.39, 0.29) is 0 Å². The highest BCUT2D eigenvalue weighted by Gasteiger charge is 2.27. The normalized spacial score (nSPS) is 14.4. The molecule has 0 N–H and O–H groups in total. The van der Waals surface area contributed by atoms with Crippen LogP contribution in [0.15, 0.2) is 49.2 Å². The molecule has 1 saturated carbocycles. The van der Waals surface area contributed by atoms with Crippen LogP contribution in [0.4, 0.5) is 0 Å². The van der Waals surface area contributed by atoms with Crippen molar-refractivity contribution in [2.45, 2.75) is 25.7 Å². The van der Waals surface area contributed by atoms with Crippen molar-refractivity contribution in [3.8, 4) is 16.9 Å². The first-order chi connectivity index (χ1) is 11.8. The Kier molecular flexibility index (Phi) is 2.79. The van der Waals surface area contributed by atoms with Crippen molar-refractivity contribution in [3.63, 3.8) is 0 Å². The Morgan fingerprint density at radius 3 is 2.79 bits per heavy atom. The van der Waals surface area contributed by atoms with E-state index in [1.165, 1.54) is 24.1 Å². The summed E-state index contributed by atoms with van der Waals surface area (Å²) < 4.78 is 3.63. The van der Waals surface area contributed by atoms with Crippen LogP contribution in [0.1, 0.15) is 30.0 Å². The van der Waals surface area contributed by atoms with E-state index >= 15 is 0 Å². The van der Waals surface area contributed by atoms with E-state index in [0.717, 1.165) is 22.6 Å². The summed E-state index contributed by atoms with van der Waals surface area (Å²) in [4.78, 5) is 9.23. The Morgan fingerprint density at radius 1 is 1.08 bits per heavy atom. The van der Waals surface area contributed by atoms with Crippen molar-refractivity contribution >= 4 is 5.65 Å². The van der Waals surface area contributed by atoms with Crippen LogP contribution in [0.3, 0.4) is 0 Å². The molecular formula is C18H16N6. The average molecular weight is 316 g/mol. The minimum absolute atomic E-state index is 0.619. The summed E-state index contributed by atoms with van der Waals surface area (Å²) in [7, 11) is 0. The third kappa shape index (κ3) is 2.11. The standard InChI is InChI=1S/C18H16N6/c1-12-10-24-18(22-17(12)13-5-6-13)15(9-21-24)14-8-20-23(11-14)16-4-2-3-7-19-16/h2-4,7-11,13H,5-6H2,1H3. The summed E-state index contributed by atoms with van der Waals surface area (Å²) >= 11 is 0. The minimum Gasteiger partial charge on any atom is -0.237 e. The number of aromatic nitrogens is 6. The van der Waals surface area contributed by atoms with Crippen molar-refractivity contribution in [2.24, 2.45) is 0 Å². The van der Waals surface area contributed by atoms with E-state index < -0.39 is 0 Å². The molecule has 0 aromatic carbocycles. The highest BCUT2D eigenvalue weighted by atomic mass is 15.3. The lowest BCUT2D eigenvalue weighted by Gasteiger charge is -2.04. The van der Waals surface area contributed by atoms with Crippen LogP contribution in [0.2, 0.25) is 0 Å². The molecule has 0 spiro atoms. The molecule has 0 unspecified atom stereocenters. The van der Waals surface area contributed by atoms with E-state index in [2.05, 4.69) is 28.3 Å². The van der Waals surface area contributed by atoms with Gasteiger partial charge >= 0.3 is 0 Å². The van der Waals surface area contributed by atoms with Crippen LogP contribution in [-0.4, -0.2) is 29.4 Å². The van der Waals surface area contributed by atoms with Gasteiger partial charge in [0.25, 0.3) is 0 Å². The maximum absolute atomic E-state index is 4.90. The van der Waals surface area contributed by atoms with Gasteiger partial charge in [-0.2, -0.15) is 10.2 Å². The second kappa shape index (κ2) is 4.99. The molecule has 0 amide bonds. The van der Waals surface area contributed by atoms with Crippen molar-refractivity contribution in [1.29, 1.82) is 0 Å². The SMILES string of the molecule is Cc1cn2ncc(-c3cnn(-c4ccccn4)c3)c2nc1C1CC1. The first kappa shape index (κ1) is 13.4. The lowest BCUT2D eigenvalue weighted by molar-refractivity contribution is 0.847. The fourth-order valence-corrected chi connectivity index (χ4v) is 3.06. The monoisotopic (exact) mass is 316 g/mol. The van der Waals surface area contributed by atoms with Crippen LogP contribution in [-0.2, 0) is 0 Å². The van der Waals surface area contributed by atoms with E-state index in [1.54, 1.807) is 10.9 Å². The summed E-state index contributed by atoms with van der Waals surface area (Å²) in [6.45, 7) is 2.11. The summed E-state index contributed by atoms with van der Waals surface area (Å²) in [6, 6.07) is 5.77. The zero-order valence-corrected chi connectivity index (χ0v) is 13.3. The molecule has 0 atom stereocenters. The number of pyridine rings is 1. The molecule has 4 aromatic heterocycles. The van der Waals surface area contributed by atoms with Crippen LogP contribution < -0.4 is 0 Å². The zero-order valence-electron chi connectivity index (χ0n) is 13.3. The Balaban J connectivity index is 1.62. The Bertz CT molecular complexity index is 1030. The molecule has 24 heavy (non-hydrogen) atoms. The average Bonchev–Trinajstić information content (AvgIpc) is 3.19. The molecule has 1 fully saturated rings. The van der Waals surface area contributed by atoms with Crippen LogP contribution in [0.25, 0.3) is 22.6 Å². The van der Waals surface area contributed by atoms with Gasteiger partial charge in [0.15, 0.2) is 11.5 Å². The number of hydrogen-bond acceptors (Lipinski definition) is 4. The van der Waals surface area contributed by atoms with Gasteiger partial charge in [0.1, 0.15) is 0 Å². The highest BCUT2D eigenvalue weighted by molar-refractivity contribution is 5.76. The Morgan fingerprint density at radius 2 is 2.00 bits per heavy atom. The predicted molar refractivity (Wildman–Crippen MR) is 90.1 cm³/mol. The predicted octanol–water partition coefficient (Wildman–Crippen LogP) is 3.16. The third-order valence-electron chi connectivity index (χ3n) is 4.46. The van der Waals surface area contributed by atoms with Gasteiger partial charge in [0.2, 0.25) is 0 Å². The van der Waals surface area contributed by atoms with Crippen molar-refractivity contribution in [3.05, 3.63) is 60.4 Å². The molecule has 1 aliphatic carbocycles. The lowest BCUT2D eigenvalue weighted by atomic mass is 10.1. The van der Waals surface area contributed by atoms with Gasteiger partial charge in [-0.15, -0.1) is 0 Å². The topological polar surface area (TPSA) is 60.9 Å². The fraction of sp³-hybridized carbons (Fsp3) is 0.222. The summed E-state index contributed by atoms with van der Waals surface area (Å²) in [5.74, 6) is 1.41. The number of rotatable bonds is 3. The van der Waals surface area contributed by atoms with Gasteiger partial charge in [-0.1, -0.05) is 6.07 Å². The maximum atomic E-state index is 4.90. The van der Waals surface area contributed by atoms with E-state index in [1.807, 2.05) is 41.3 Å². The molecule has 0 radical (unpaired) electrons. The van der Waals surface area contributed by atoms with Crippen LogP contribution in [0, 0.1) is 6.92 Å². The zero-order chi connectivity index (χ0) is 16.1. The van der Waals surface area contributed by atoms with Gasteiger partial charge < -0.3 is 0 Å². The van der Waals surface area contributed by atoms with E-state index in [4.69, 9.17) is 4.98 Å². The summed E-state index contributed by atoms with van der Waals surface area (Å²) in [5.41, 5.74) is 5.31. The van der Waals surface area contributed by atoms with Gasteiger partial charge in [-0.25, -0.2) is 19.2 Å². The molecular weight excluding hydrogens is 300 g/mol. The first-order valence-corrected chi connectivity index (χ1v) is 8.11. The maximum Gasteiger partial charge on any atom is 0.163 e. The molecule has 5 rings (SSSR count). The molecule has 118 valence electrons. The summed E-state index contributed by atoms with van der Waals surface area (Å²) in [5, 5.41) is 8.89. The largest absolute Gasteiger partial charge is 0.237 e. The smallest absolute Gasteiger partial charge is 0.163 e. The quantitative estimate of drug-likeness (QED) is 0.582. The van der Waals surface area contributed by atoms with Crippen LogP contribution >= 0.6 is 0 Å². The third-order valence-corrected chi connectivity index (χ3v) is 4.46. The molecule has 4 aromatic rings. The Labute approximate surface area is 138 Å². The van der Waals surface area contributed by atoms with E-state index in [0.29, 0.717) is 5.92 Å². The van der Waals surface area contributed by atoms with Gasteiger partial charge in [0, 0.05) is 35.6 Å². The first-order valence-electron chi connectivity index (χ1n) is 8.11. The molecule has 0 bridgehead atoms. The van der Waals surface area contributed by atoms with E-state index in [9.17, 15) is 0 Å². The van der Waals surface area contributed by atoms with Crippen molar-refractivity contribution in [2.75, 3.05) is 0 Å². The highest BCUT2D eigenvalue weighted by Crippen LogP contribution is 2.41. The van der Waals surface area contributed by atoms with Crippen molar-refractivity contribution in [1.82, 2.24) is 29.4 Å². The lowest BCUT2D eigenvalue weighted by Crippen LogP contribution is -1.98. The molecule has 4 heterocycles. The van der Waals surface area contributed by atoms with Crippen LogP contribution in [0.5, 0.6) is 0 Å². The number of fused-ring (bicyclic) bond motifs is 1. The Hall–Kier alpha value is -3.02. The number of aryl methyl sites for hydroxylation is 1. The van der Waals surface area contributed by atoms with Gasteiger partial charge in [-0.05, 0) is 37.5 Å². The second-order valence-electron chi connectivity index (χ2n) is 6.27. The molecule has 6 heteroatoms. The number of nitrogens with zero attached hydrogens (tertiary/aromatic N) is 6. The molecule has 1 aliphatic rings. The molecule has 0 saturated heterocycles. The minimum atomic E-state index is 0.619. The summed E-state index contributed by atoms with van der Waals surface area (Å²) in [6.07, 6.45) is 12.0.